The van der Waals surface area contributed by atoms with Gasteiger partial charge >= 0.3 is 0 Å². The first-order valence-corrected chi connectivity index (χ1v) is 7.81. The Bertz CT molecular complexity index is 434. The summed E-state index contributed by atoms with van der Waals surface area (Å²) in [5, 5.41) is 0.616. The average molecular weight is 282 g/mol. The Balaban J connectivity index is 2.35. The predicted molar refractivity (Wildman–Crippen MR) is 81.1 cm³/mol. The van der Waals surface area contributed by atoms with Crippen LogP contribution in [0.15, 0.2) is 0 Å². The summed E-state index contributed by atoms with van der Waals surface area (Å²) in [6, 6.07) is 0.543. The lowest BCUT2D eigenvalue weighted by Gasteiger charge is -2.30. The minimum atomic E-state index is 0.543. The Labute approximate surface area is 121 Å². The number of rotatable bonds is 3. The second-order valence-electron chi connectivity index (χ2n) is 5.52. The molecule has 19 heavy (non-hydrogen) atoms. The average Bonchev–Trinajstić information content (AvgIpc) is 2.59. The molecule has 2 heterocycles. The van der Waals surface area contributed by atoms with Crippen molar-refractivity contribution in [2.75, 3.05) is 11.4 Å². The number of anilines is 1. The zero-order chi connectivity index (χ0) is 13.8. The van der Waals surface area contributed by atoms with Crippen LogP contribution >= 0.6 is 11.6 Å². The van der Waals surface area contributed by atoms with Gasteiger partial charge in [-0.05, 0) is 33.1 Å². The third-order valence-corrected chi connectivity index (χ3v) is 4.27. The molecule has 0 N–H and O–H groups in total. The first-order valence-electron chi connectivity index (χ1n) is 7.43. The van der Waals surface area contributed by atoms with Crippen LogP contribution in [0.25, 0.3) is 0 Å². The summed E-state index contributed by atoms with van der Waals surface area (Å²) < 4.78 is 0. The molecule has 0 aromatic carbocycles. The third kappa shape index (κ3) is 3.38. The van der Waals surface area contributed by atoms with Gasteiger partial charge in [0, 0.05) is 24.6 Å². The minimum absolute atomic E-state index is 0.543. The first kappa shape index (κ1) is 14.6. The van der Waals surface area contributed by atoms with Gasteiger partial charge in [-0.15, -0.1) is 0 Å². The molecule has 0 radical (unpaired) electrons. The number of aryl methyl sites for hydroxylation is 1. The lowest BCUT2D eigenvalue weighted by Crippen LogP contribution is -2.34. The smallest absolute Gasteiger partial charge is 0.137 e. The van der Waals surface area contributed by atoms with Crippen LogP contribution in [0.1, 0.15) is 57.3 Å². The van der Waals surface area contributed by atoms with Crippen LogP contribution in [-0.2, 0) is 6.42 Å². The molecule has 1 aromatic heterocycles. The number of nitrogens with zero attached hydrogens (tertiary/aromatic N) is 3. The Hall–Kier alpha value is -0.830. The zero-order valence-corrected chi connectivity index (χ0v) is 13.0. The maximum Gasteiger partial charge on any atom is 0.137 e. The summed E-state index contributed by atoms with van der Waals surface area (Å²) in [5.41, 5.74) is 1.02. The molecular formula is C15H24ClN3. The van der Waals surface area contributed by atoms with E-state index in [0.717, 1.165) is 36.6 Å². The summed E-state index contributed by atoms with van der Waals surface area (Å²) in [5.74, 6) is 1.93. The summed E-state index contributed by atoms with van der Waals surface area (Å²) >= 11 is 6.28. The van der Waals surface area contributed by atoms with Crippen LogP contribution < -0.4 is 4.90 Å². The predicted octanol–water partition coefficient (Wildman–Crippen LogP) is 4.16. The van der Waals surface area contributed by atoms with Crippen molar-refractivity contribution in [3.8, 4) is 0 Å². The van der Waals surface area contributed by atoms with Gasteiger partial charge in [-0.25, -0.2) is 9.97 Å². The summed E-state index contributed by atoms with van der Waals surface area (Å²) in [7, 11) is 0. The highest BCUT2D eigenvalue weighted by atomic mass is 35.5. The molecule has 3 nitrogen and oxygen atoms in total. The van der Waals surface area contributed by atoms with E-state index < -0.39 is 0 Å². The molecular weight excluding hydrogens is 258 g/mol. The van der Waals surface area contributed by atoms with E-state index in [2.05, 4.69) is 23.7 Å². The van der Waals surface area contributed by atoms with Crippen LogP contribution in [0, 0.1) is 6.92 Å². The molecule has 1 aliphatic heterocycles. The second-order valence-corrected chi connectivity index (χ2v) is 5.88. The molecule has 4 heteroatoms. The molecule has 0 amide bonds. The van der Waals surface area contributed by atoms with Crippen LogP contribution in [0.5, 0.6) is 0 Å². The van der Waals surface area contributed by atoms with Gasteiger partial charge in [0.1, 0.15) is 16.8 Å². The van der Waals surface area contributed by atoms with Crippen molar-refractivity contribution in [2.45, 2.75) is 65.3 Å². The van der Waals surface area contributed by atoms with Crippen LogP contribution in [0.3, 0.4) is 0 Å². The van der Waals surface area contributed by atoms with Crippen molar-refractivity contribution in [3.05, 3.63) is 16.5 Å². The van der Waals surface area contributed by atoms with E-state index >= 15 is 0 Å². The maximum atomic E-state index is 6.28. The second kappa shape index (κ2) is 6.56. The minimum Gasteiger partial charge on any atom is -0.354 e. The van der Waals surface area contributed by atoms with Gasteiger partial charge in [-0.2, -0.15) is 0 Å². The molecule has 1 fully saturated rings. The zero-order valence-electron chi connectivity index (χ0n) is 12.2. The number of aromatic nitrogens is 2. The molecule has 2 rings (SSSR count). The monoisotopic (exact) mass is 281 g/mol. The fraction of sp³-hybridized carbons (Fsp3) is 0.733. The summed E-state index contributed by atoms with van der Waals surface area (Å²) in [6.07, 6.45) is 7.07. The van der Waals surface area contributed by atoms with Gasteiger partial charge in [-0.3, -0.25) is 0 Å². The van der Waals surface area contributed by atoms with E-state index in [9.17, 15) is 0 Å². The van der Waals surface area contributed by atoms with Gasteiger partial charge in [0.2, 0.25) is 0 Å². The Morgan fingerprint density at radius 1 is 1.26 bits per heavy atom. The van der Waals surface area contributed by atoms with Crippen LogP contribution in [-0.4, -0.2) is 22.6 Å². The quantitative estimate of drug-likeness (QED) is 0.779. The Morgan fingerprint density at radius 2 is 2.05 bits per heavy atom. The van der Waals surface area contributed by atoms with Crippen molar-refractivity contribution in [1.82, 2.24) is 9.97 Å². The van der Waals surface area contributed by atoms with Gasteiger partial charge in [-0.1, -0.05) is 31.4 Å². The van der Waals surface area contributed by atoms with Crippen molar-refractivity contribution in [3.63, 3.8) is 0 Å². The number of hydrogen-bond acceptors (Lipinski definition) is 3. The Kier molecular flexibility index (Phi) is 5.03. The molecule has 0 spiro atoms. The van der Waals surface area contributed by atoms with E-state index in [1.165, 1.54) is 25.7 Å². The molecule has 106 valence electrons. The summed E-state index contributed by atoms with van der Waals surface area (Å²) in [4.78, 5) is 11.6. The van der Waals surface area contributed by atoms with E-state index in [1.807, 2.05) is 6.92 Å². The molecule has 0 aliphatic carbocycles. The summed E-state index contributed by atoms with van der Waals surface area (Å²) in [6.45, 7) is 7.55. The van der Waals surface area contributed by atoms with E-state index in [0.29, 0.717) is 11.2 Å². The van der Waals surface area contributed by atoms with E-state index in [1.54, 1.807) is 0 Å². The maximum absolute atomic E-state index is 6.28. The largest absolute Gasteiger partial charge is 0.354 e. The standard InChI is InChI=1S/C15H24ClN3/c1-4-8-13-17-14(16)12(3)15(18-13)19-10-7-5-6-9-11(19)2/h11H,4-10H2,1-3H3. The molecule has 1 saturated heterocycles. The van der Waals surface area contributed by atoms with Gasteiger partial charge in [0.15, 0.2) is 0 Å². The van der Waals surface area contributed by atoms with Gasteiger partial charge < -0.3 is 4.90 Å². The SMILES string of the molecule is CCCc1nc(Cl)c(C)c(N2CCCCCC2C)n1. The lowest BCUT2D eigenvalue weighted by atomic mass is 10.1. The highest BCUT2D eigenvalue weighted by Gasteiger charge is 2.22. The molecule has 1 aliphatic rings. The van der Waals surface area contributed by atoms with Crippen molar-refractivity contribution in [2.24, 2.45) is 0 Å². The lowest BCUT2D eigenvalue weighted by molar-refractivity contribution is 0.607. The molecule has 0 saturated carbocycles. The van der Waals surface area contributed by atoms with Gasteiger partial charge in [0.05, 0.1) is 0 Å². The highest BCUT2D eigenvalue weighted by molar-refractivity contribution is 6.30. The van der Waals surface area contributed by atoms with Crippen molar-refractivity contribution in [1.29, 1.82) is 0 Å². The third-order valence-electron chi connectivity index (χ3n) is 3.91. The fourth-order valence-corrected chi connectivity index (χ4v) is 2.91. The molecule has 1 unspecified atom stereocenters. The Morgan fingerprint density at radius 3 is 2.79 bits per heavy atom. The van der Waals surface area contributed by atoms with Crippen molar-refractivity contribution >= 4 is 17.4 Å². The fourth-order valence-electron chi connectivity index (χ4n) is 2.73. The number of hydrogen-bond donors (Lipinski definition) is 0. The highest BCUT2D eigenvalue weighted by Crippen LogP contribution is 2.28. The number of halogens is 1. The first-order chi connectivity index (χ1) is 9.13. The van der Waals surface area contributed by atoms with Crippen LogP contribution in [0.4, 0.5) is 5.82 Å². The molecule has 1 atom stereocenters. The molecule has 0 bridgehead atoms. The molecule has 1 aromatic rings. The normalized spacial score (nSPS) is 20.4. The van der Waals surface area contributed by atoms with E-state index in [4.69, 9.17) is 16.6 Å². The van der Waals surface area contributed by atoms with Gasteiger partial charge in [0.25, 0.3) is 0 Å². The topological polar surface area (TPSA) is 29.0 Å². The van der Waals surface area contributed by atoms with E-state index in [-0.39, 0.29) is 0 Å². The van der Waals surface area contributed by atoms with Crippen LogP contribution in [0.2, 0.25) is 5.15 Å². The van der Waals surface area contributed by atoms with Crippen molar-refractivity contribution < 1.29 is 0 Å².